The summed E-state index contributed by atoms with van der Waals surface area (Å²) in [6.45, 7) is 0.704. The van der Waals surface area contributed by atoms with Gasteiger partial charge >= 0.3 is 17.9 Å². The van der Waals surface area contributed by atoms with Crippen LogP contribution in [0.3, 0.4) is 0 Å². The number of aliphatic hydroxyl groups excluding tert-OH is 5. The predicted molar refractivity (Wildman–Crippen MR) is 169 cm³/mol. The molecule has 0 bridgehead atoms. The molecule has 1 rings (SSSR count). The quantitative estimate of drug-likeness (QED) is 0.0610. The molecule has 0 aliphatic heterocycles. The maximum Gasteiger partial charge on any atom is 0.335 e. The summed E-state index contributed by atoms with van der Waals surface area (Å²) in [7, 11) is 0. The van der Waals surface area contributed by atoms with Gasteiger partial charge in [-0.1, -0.05) is 96.8 Å². The van der Waals surface area contributed by atoms with Gasteiger partial charge in [0.15, 0.2) is 0 Å². The number of carbonyl (C=O) groups excluding carboxylic acids is 1. The van der Waals surface area contributed by atoms with Crippen molar-refractivity contribution >= 4 is 17.9 Å². The number of aliphatic hydroxyl groups is 5. The summed E-state index contributed by atoms with van der Waals surface area (Å²) in [4.78, 5) is 31.9. The van der Waals surface area contributed by atoms with E-state index in [2.05, 4.69) is 6.92 Å². The van der Waals surface area contributed by atoms with Gasteiger partial charge in [0.1, 0.15) is 6.61 Å². The number of hydrogen-bond acceptors (Lipinski definition) is 9. The molecule has 44 heavy (non-hydrogen) atoms. The molecule has 0 atom stereocenters. The molecular formula is C33H58O11. The van der Waals surface area contributed by atoms with Crippen molar-refractivity contribution in [3.8, 4) is 0 Å². The van der Waals surface area contributed by atoms with E-state index in [9.17, 15) is 14.4 Å². The van der Waals surface area contributed by atoms with Crippen LogP contribution in [0.4, 0.5) is 0 Å². The van der Waals surface area contributed by atoms with Gasteiger partial charge in [-0.25, -0.2) is 9.59 Å². The SMILES string of the molecule is CCCCCCCCCCCCCCCCCC(=O)OCCO.O=C(O)c1ccc(C(=O)O)cc1.OCC(CO)(CO)CO. The normalized spacial score (nSPS) is 10.7. The summed E-state index contributed by atoms with van der Waals surface area (Å²) in [5.41, 5.74) is -0.944. The average molecular weight is 631 g/mol. The molecule has 0 aliphatic rings. The van der Waals surface area contributed by atoms with E-state index >= 15 is 0 Å². The molecule has 1 aromatic rings. The third-order valence-electron chi connectivity index (χ3n) is 7.06. The summed E-state index contributed by atoms with van der Waals surface area (Å²) in [6, 6.07) is 5.02. The fourth-order valence-corrected chi connectivity index (χ4v) is 3.93. The van der Waals surface area contributed by atoms with Gasteiger partial charge in [-0.2, -0.15) is 0 Å². The molecule has 7 N–H and O–H groups in total. The van der Waals surface area contributed by atoms with Gasteiger partial charge < -0.3 is 40.5 Å². The van der Waals surface area contributed by atoms with Crippen LogP contribution in [0.25, 0.3) is 0 Å². The maximum absolute atomic E-state index is 11.2. The first-order chi connectivity index (χ1) is 21.2. The van der Waals surface area contributed by atoms with Gasteiger partial charge in [0.25, 0.3) is 0 Å². The predicted octanol–water partition coefficient (Wildman–Crippen LogP) is 4.81. The highest BCUT2D eigenvalue weighted by Crippen LogP contribution is 2.14. The van der Waals surface area contributed by atoms with Crippen molar-refractivity contribution in [1.82, 2.24) is 0 Å². The van der Waals surface area contributed by atoms with Gasteiger partial charge in [-0.05, 0) is 30.7 Å². The van der Waals surface area contributed by atoms with E-state index in [-0.39, 0.29) is 30.3 Å². The maximum atomic E-state index is 11.2. The highest BCUT2D eigenvalue weighted by atomic mass is 16.5. The molecule has 0 fully saturated rings. The van der Waals surface area contributed by atoms with E-state index in [0.29, 0.717) is 6.42 Å². The summed E-state index contributed by atoms with van der Waals surface area (Å²) >= 11 is 0. The molecule has 0 radical (unpaired) electrons. The lowest BCUT2D eigenvalue weighted by Crippen LogP contribution is -2.37. The van der Waals surface area contributed by atoms with E-state index in [1.165, 1.54) is 108 Å². The van der Waals surface area contributed by atoms with Crippen LogP contribution in [0.5, 0.6) is 0 Å². The Hall–Kier alpha value is -2.57. The number of ether oxygens (including phenoxy) is 1. The van der Waals surface area contributed by atoms with E-state index in [1.54, 1.807) is 0 Å². The van der Waals surface area contributed by atoms with Crippen LogP contribution < -0.4 is 0 Å². The first-order valence-electron chi connectivity index (χ1n) is 15.9. The van der Waals surface area contributed by atoms with E-state index < -0.39 is 43.8 Å². The van der Waals surface area contributed by atoms with Crippen molar-refractivity contribution in [2.75, 3.05) is 39.6 Å². The third-order valence-corrected chi connectivity index (χ3v) is 7.06. The highest BCUT2D eigenvalue weighted by Gasteiger charge is 2.26. The van der Waals surface area contributed by atoms with Gasteiger partial charge in [-0.15, -0.1) is 0 Å². The first kappa shape index (κ1) is 43.6. The molecule has 0 spiro atoms. The minimum Gasteiger partial charge on any atom is -0.478 e. The van der Waals surface area contributed by atoms with Crippen LogP contribution in [0.2, 0.25) is 0 Å². The second kappa shape index (κ2) is 30.5. The second-order valence-electron chi connectivity index (χ2n) is 11.0. The minimum atomic E-state index is -1.11. The molecule has 0 aromatic heterocycles. The molecule has 1 aromatic carbocycles. The molecule has 0 amide bonds. The van der Waals surface area contributed by atoms with Crippen molar-refractivity contribution in [2.45, 2.75) is 110 Å². The number of carboxylic acids is 2. The number of benzene rings is 1. The Morgan fingerprint density at radius 1 is 0.568 bits per heavy atom. The average Bonchev–Trinajstić information content (AvgIpc) is 3.04. The number of hydrogen-bond donors (Lipinski definition) is 7. The fraction of sp³-hybridized carbons (Fsp3) is 0.727. The highest BCUT2D eigenvalue weighted by molar-refractivity contribution is 5.91. The van der Waals surface area contributed by atoms with Crippen molar-refractivity contribution < 1.29 is 54.9 Å². The zero-order chi connectivity index (χ0) is 33.5. The number of unbranched alkanes of at least 4 members (excludes halogenated alkanes) is 14. The number of aromatic carboxylic acids is 2. The molecule has 0 unspecified atom stereocenters. The second-order valence-corrected chi connectivity index (χ2v) is 11.0. The van der Waals surface area contributed by atoms with Gasteiger partial charge in [0, 0.05) is 6.42 Å². The molecule has 11 nitrogen and oxygen atoms in total. The third kappa shape index (κ3) is 24.8. The molecule has 0 aliphatic carbocycles. The molecule has 0 saturated carbocycles. The van der Waals surface area contributed by atoms with Gasteiger partial charge in [-0.3, -0.25) is 4.79 Å². The fourth-order valence-electron chi connectivity index (χ4n) is 3.93. The molecule has 11 heteroatoms. The number of carboxylic acid groups (broad SMARTS) is 2. The van der Waals surface area contributed by atoms with Crippen molar-refractivity contribution in [1.29, 1.82) is 0 Å². The molecule has 0 saturated heterocycles. The summed E-state index contributed by atoms with van der Waals surface area (Å²) < 4.78 is 4.82. The Bertz CT molecular complexity index is 773. The Morgan fingerprint density at radius 2 is 0.886 bits per heavy atom. The summed E-state index contributed by atoms with van der Waals surface area (Å²) in [5.74, 6) is -2.30. The smallest absolute Gasteiger partial charge is 0.335 e. The number of esters is 1. The summed E-state index contributed by atoms with van der Waals surface area (Å²) in [5, 5.41) is 59.5. The van der Waals surface area contributed by atoms with E-state index in [4.69, 9.17) is 40.5 Å². The van der Waals surface area contributed by atoms with Gasteiger partial charge in [0.2, 0.25) is 0 Å². The minimum absolute atomic E-state index is 0.0788. The lowest BCUT2D eigenvalue weighted by Gasteiger charge is -2.23. The molecular weight excluding hydrogens is 572 g/mol. The lowest BCUT2D eigenvalue weighted by molar-refractivity contribution is -0.144. The van der Waals surface area contributed by atoms with Crippen LogP contribution >= 0.6 is 0 Å². The van der Waals surface area contributed by atoms with Crippen LogP contribution in [-0.2, 0) is 9.53 Å². The van der Waals surface area contributed by atoms with Crippen LogP contribution in [0.15, 0.2) is 24.3 Å². The van der Waals surface area contributed by atoms with Crippen molar-refractivity contribution in [3.05, 3.63) is 35.4 Å². The number of rotatable bonds is 24. The largest absolute Gasteiger partial charge is 0.478 e. The first-order valence-corrected chi connectivity index (χ1v) is 15.9. The Kier molecular flexibility index (Phi) is 30.2. The monoisotopic (exact) mass is 630 g/mol. The van der Waals surface area contributed by atoms with Crippen LogP contribution in [-0.4, -0.2) is 93.3 Å². The van der Waals surface area contributed by atoms with Gasteiger partial charge in [0.05, 0.1) is 49.6 Å². The molecule has 256 valence electrons. The van der Waals surface area contributed by atoms with Crippen molar-refractivity contribution in [3.63, 3.8) is 0 Å². The topological polar surface area (TPSA) is 202 Å². The zero-order valence-electron chi connectivity index (χ0n) is 26.6. The summed E-state index contributed by atoms with van der Waals surface area (Å²) in [6.07, 6.45) is 20.4. The van der Waals surface area contributed by atoms with Crippen molar-refractivity contribution in [2.24, 2.45) is 5.41 Å². The Morgan fingerprint density at radius 3 is 1.14 bits per heavy atom. The Labute approximate surface area is 262 Å². The number of carbonyl (C=O) groups is 3. The lowest BCUT2D eigenvalue weighted by atomic mass is 9.93. The van der Waals surface area contributed by atoms with E-state index in [0.717, 1.165) is 12.8 Å². The standard InChI is InChI=1S/C20H40O3.C8H6O4.C5H12O4/c1-2-3-4-5-6-7-8-9-10-11-12-13-14-15-16-17-20(22)23-19-18-21;9-7(10)5-1-2-6(4-3-5)8(11)12;6-1-5(2-7,3-8)4-9/h21H,2-19H2,1H3;1-4H,(H,9,10)(H,11,12);6-9H,1-4H2. The molecule has 0 heterocycles. The Balaban J connectivity index is 0. The van der Waals surface area contributed by atoms with Crippen LogP contribution in [0.1, 0.15) is 130 Å². The zero-order valence-corrected chi connectivity index (χ0v) is 26.6. The van der Waals surface area contributed by atoms with E-state index in [1.807, 2.05) is 0 Å². The van der Waals surface area contributed by atoms with Crippen LogP contribution in [0, 0.1) is 5.41 Å².